The van der Waals surface area contributed by atoms with E-state index in [4.69, 9.17) is 14.6 Å². The quantitative estimate of drug-likeness (QED) is 0.162. The maximum atomic E-state index is 12.0. The van der Waals surface area contributed by atoms with Crippen molar-refractivity contribution in [1.82, 2.24) is 10.2 Å². The Kier molecular flexibility index (Phi) is 11.3. The maximum absolute atomic E-state index is 12.0. The van der Waals surface area contributed by atoms with Gasteiger partial charge in [-0.05, 0) is 52.6 Å². The van der Waals surface area contributed by atoms with Crippen molar-refractivity contribution in [3.8, 4) is 11.1 Å². The Morgan fingerprint density at radius 3 is 2.20 bits per heavy atom. The Morgan fingerprint density at radius 2 is 1.48 bits per heavy atom. The topological polar surface area (TPSA) is 108 Å². The van der Waals surface area contributed by atoms with Crippen LogP contribution in [0.4, 0.5) is 0 Å². The van der Waals surface area contributed by atoms with E-state index in [0.717, 1.165) is 46.5 Å². The molecule has 8 nitrogen and oxygen atoms in total. The summed E-state index contributed by atoms with van der Waals surface area (Å²) >= 11 is 0. The van der Waals surface area contributed by atoms with E-state index in [1.54, 1.807) is 0 Å². The van der Waals surface area contributed by atoms with Crippen LogP contribution in [0.2, 0.25) is 0 Å². The van der Waals surface area contributed by atoms with E-state index in [0.29, 0.717) is 6.54 Å². The predicted octanol–water partition coefficient (Wildman–Crippen LogP) is 6.25. The number of hydrogen-bond donors (Lipinski definition) is 3. The van der Waals surface area contributed by atoms with Crippen LogP contribution < -0.4 is 5.32 Å². The van der Waals surface area contributed by atoms with Crippen molar-refractivity contribution < 1.29 is 29.3 Å². The zero-order valence-electron chi connectivity index (χ0n) is 26.3. The molecule has 0 saturated carbocycles. The molecule has 0 spiro atoms. The minimum Gasteiger partial charge on any atom is -0.481 e. The minimum absolute atomic E-state index is 0.00884. The van der Waals surface area contributed by atoms with Gasteiger partial charge in [-0.15, -0.1) is 0 Å². The van der Waals surface area contributed by atoms with Gasteiger partial charge in [0.15, 0.2) is 6.29 Å². The molecule has 1 aliphatic heterocycles. The van der Waals surface area contributed by atoms with E-state index in [1.165, 1.54) is 5.56 Å². The maximum Gasteiger partial charge on any atom is 0.303 e. The molecule has 1 fully saturated rings. The van der Waals surface area contributed by atoms with Crippen molar-refractivity contribution in [3.63, 3.8) is 0 Å². The van der Waals surface area contributed by atoms with Crippen molar-refractivity contribution in [1.29, 1.82) is 0 Å². The van der Waals surface area contributed by atoms with E-state index < -0.39 is 12.3 Å². The number of benzene rings is 4. The standard InChI is InChI=1S/C38H42N2O6/c1-26-34(24-40(2)23-27-8-4-3-5-9-27)45-38(46-37(26)30-16-14-28(25-41)15-17-30)33-13-7-12-32(21-33)31-11-6-10-29(20-31)22-39-35(42)18-19-36(43)44/h3-17,20-21,26,34,37-38,41H,18-19,22-25H2,1-2H3,(H,39,42)(H,43,44)/t26-,34+,37+,38+/m1/s1. The summed E-state index contributed by atoms with van der Waals surface area (Å²) in [5.41, 5.74) is 6.94. The molecule has 4 atom stereocenters. The summed E-state index contributed by atoms with van der Waals surface area (Å²) in [5, 5.41) is 21.2. The fourth-order valence-corrected chi connectivity index (χ4v) is 5.83. The molecule has 0 aromatic heterocycles. The SMILES string of the molecule is C[C@@H]1[C@H](CN(C)Cc2ccccc2)O[C@H](c2cccc(-c3cccc(CNC(=O)CCC(=O)O)c3)c2)O[C@@H]1c1ccc(CO)cc1. The van der Waals surface area contributed by atoms with Crippen molar-refractivity contribution >= 4 is 11.9 Å². The smallest absolute Gasteiger partial charge is 0.303 e. The van der Waals surface area contributed by atoms with Gasteiger partial charge in [0.2, 0.25) is 5.91 Å². The molecular weight excluding hydrogens is 580 g/mol. The van der Waals surface area contributed by atoms with Gasteiger partial charge >= 0.3 is 5.97 Å². The van der Waals surface area contributed by atoms with Crippen LogP contribution in [0.3, 0.4) is 0 Å². The number of carboxylic acid groups (broad SMARTS) is 1. The molecule has 5 rings (SSSR count). The number of nitrogens with one attached hydrogen (secondary N) is 1. The third-order valence-electron chi connectivity index (χ3n) is 8.39. The average Bonchev–Trinajstić information content (AvgIpc) is 3.08. The molecule has 0 radical (unpaired) electrons. The molecule has 46 heavy (non-hydrogen) atoms. The van der Waals surface area contributed by atoms with Crippen LogP contribution in [0, 0.1) is 5.92 Å². The molecule has 0 aliphatic carbocycles. The highest BCUT2D eigenvalue weighted by molar-refractivity contribution is 5.80. The Morgan fingerprint density at radius 1 is 0.783 bits per heavy atom. The number of amides is 1. The minimum atomic E-state index is -0.992. The molecular formula is C38H42N2O6. The number of aliphatic carboxylic acids is 1. The Bertz CT molecular complexity index is 1590. The van der Waals surface area contributed by atoms with Crippen molar-refractivity contribution in [2.45, 2.75) is 58.0 Å². The molecule has 4 aromatic rings. The number of nitrogens with zero attached hydrogens (tertiary/aromatic N) is 1. The molecule has 0 bridgehead atoms. The molecule has 3 N–H and O–H groups in total. The van der Waals surface area contributed by atoms with E-state index >= 15 is 0 Å². The number of carbonyl (C=O) groups excluding carboxylic acids is 1. The second kappa shape index (κ2) is 15.8. The summed E-state index contributed by atoms with van der Waals surface area (Å²) in [6, 6.07) is 34.4. The molecule has 8 heteroatoms. The first-order valence-electron chi connectivity index (χ1n) is 15.7. The highest BCUT2D eigenvalue weighted by Gasteiger charge is 2.38. The summed E-state index contributed by atoms with van der Waals surface area (Å²) in [7, 11) is 2.11. The van der Waals surface area contributed by atoms with E-state index in [1.807, 2.05) is 72.8 Å². The highest BCUT2D eigenvalue weighted by Crippen LogP contribution is 2.42. The van der Waals surface area contributed by atoms with Crippen LogP contribution >= 0.6 is 0 Å². The number of aliphatic hydroxyl groups is 1. The molecule has 1 aliphatic rings. The third-order valence-corrected chi connectivity index (χ3v) is 8.39. The van der Waals surface area contributed by atoms with E-state index in [9.17, 15) is 14.7 Å². The van der Waals surface area contributed by atoms with Crippen LogP contribution in [-0.2, 0) is 38.8 Å². The summed E-state index contributed by atoms with van der Waals surface area (Å²) in [6.45, 7) is 4.00. The van der Waals surface area contributed by atoms with Gasteiger partial charge in [0, 0.05) is 37.5 Å². The van der Waals surface area contributed by atoms with E-state index in [-0.39, 0.29) is 43.5 Å². The lowest BCUT2D eigenvalue weighted by atomic mass is 9.90. The average molecular weight is 623 g/mol. The summed E-state index contributed by atoms with van der Waals surface area (Å²) in [4.78, 5) is 25.1. The van der Waals surface area contributed by atoms with Crippen LogP contribution in [0.25, 0.3) is 11.1 Å². The van der Waals surface area contributed by atoms with Crippen LogP contribution in [0.5, 0.6) is 0 Å². The zero-order chi connectivity index (χ0) is 32.5. The van der Waals surface area contributed by atoms with Gasteiger partial charge in [-0.1, -0.05) is 97.9 Å². The number of carbonyl (C=O) groups is 2. The van der Waals surface area contributed by atoms with Crippen molar-refractivity contribution in [2.24, 2.45) is 5.92 Å². The summed E-state index contributed by atoms with van der Waals surface area (Å²) < 4.78 is 13.4. The highest BCUT2D eigenvalue weighted by atomic mass is 16.7. The summed E-state index contributed by atoms with van der Waals surface area (Å²) in [6.07, 6.45) is -1.15. The van der Waals surface area contributed by atoms with Gasteiger partial charge in [-0.3, -0.25) is 14.5 Å². The lowest BCUT2D eigenvalue weighted by molar-refractivity contribution is -0.276. The van der Waals surface area contributed by atoms with Crippen molar-refractivity contribution in [2.75, 3.05) is 13.6 Å². The summed E-state index contributed by atoms with van der Waals surface area (Å²) in [5.74, 6) is -1.21. The number of aliphatic hydroxyl groups excluding tert-OH is 1. The van der Waals surface area contributed by atoms with Gasteiger partial charge in [0.25, 0.3) is 0 Å². The number of ether oxygens (including phenoxy) is 2. The Labute approximate surface area is 270 Å². The largest absolute Gasteiger partial charge is 0.481 e. The molecule has 1 heterocycles. The molecule has 4 aromatic carbocycles. The lowest BCUT2D eigenvalue weighted by Gasteiger charge is -2.42. The Balaban J connectivity index is 1.35. The van der Waals surface area contributed by atoms with Crippen molar-refractivity contribution in [3.05, 3.63) is 131 Å². The fourth-order valence-electron chi connectivity index (χ4n) is 5.83. The van der Waals surface area contributed by atoms with Crippen LogP contribution in [0.1, 0.15) is 60.0 Å². The number of carboxylic acids is 1. The number of hydrogen-bond acceptors (Lipinski definition) is 6. The molecule has 1 amide bonds. The number of likely N-dealkylation sites (N-methyl/N-ethyl adjacent to an activating group) is 1. The first kappa shape index (κ1) is 33.0. The van der Waals surface area contributed by atoms with Gasteiger partial charge in [-0.2, -0.15) is 0 Å². The zero-order valence-corrected chi connectivity index (χ0v) is 26.3. The van der Waals surface area contributed by atoms with Gasteiger partial charge < -0.3 is 25.0 Å². The number of rotatable bonds is 13. The molecule has 0 unspecified atom stereocenters. The first-order valence-corrected chi connectivity index (χ1v) is 15.7. The molecule has 240 valence electrons. The normalized spacial score (nSPS) is 19.6. The van der Waals surface area contributed by atoms with Gasteiger partial charge in [-0.25, -0.2) is 0 Å². The Hall–Kier alpha value is -4.34. The van der Waals surface area contributed by atoms with E-state index in [2.05, 4.69) is 54.5 Å². The monoisotopic (exact) mass is 622 g/mol. The lowest BCUT2D eigenvalue weighted by Crippen LogP contribution is -2.43. The van der Waals surface area contributed by atoms with Crippen LogP contribution in [0.15, 0.2) is 103 Å². The molecule has 1 saturated heterocycles. The second-order valence-corrected chi connectivity index (χ2v) is 12.0. The van der Waals surface area contributed by atoms with Crippen LogP contribution in [-0.4, -0.2) is 46.7 Å². The van der Waals surface area contributed by atoms with Gasteiger partial charge in [0.1, 0.15) is 0 Å². The fraction of sp³-hybridized carbons (Fsp3) is 0.316. The predicted molar refractivity (Wildman–Crippen MR) is 176 cm³/mol. The second-order valence-electron chi connectivity index (χ2n) is 12.0. The van der Waals surface area contributed by atoms with Gasteiger partial charge in [0.05, 0.1) is 25.2 Å². The third kappa shape index (κ3) is 8.89. The first-order chi connectivity index (χ1) is 22.3.